The number of amides is 1. The number of hydrogen-bond acceptors (Lipinski definition) is 5. The molecule has 0 aliphatic rings. The van der Waals surface area contributed by atoms with Crippen LogP contribution in [0.15, 0.2) is 6.07 Å². The van der Waals surface area contributed by atoms with Gasteiger partial charge in [-0.1, -0.05) is 13.3 Å². The van der Waals surface area contributed by atoms with Crippen LogP contribution in [0.5, 0.6) is 0 Å². The van der Waals surface area contributed by atoms with Crippen molar-refractivity contribution in [1.82, 2.24) is 0 Å². The lowest BCUT2D eigenvalue weighted by Crippen LogP contribution is -2.16. The van der Waals surface area contributed by atoms with Gasteiger partial charge >= 0.3 is 5.97 Å². The van der Waals surface area contributed by atoms with Crippen LogP contribution >= 0.6 is 23.1 Å². The van der Waals surface area contributed by atoms with E-state index in [1.165, 1.54) is 11.3 Å². The van der Waals surface area contributed by atoms with Gasteiger partial charge in [-0.05, 0) is 32.1 Å². The van der Waals surface area contributed by atoms with Gasteiger partial charge in [0, 0.05) is 4.88 Å². The van der Waals surface area contributed by atoms with E-state index >= 15 is 0 Å². The molecule has 1 aromatic rings. The topological polar surface area (TPSA) is 55.4 Å². The molecule has 0 aliphatic heterocycles. The average Bonchev–Trinajstić information content (AvgIpc) is 2.76. The van der Waals surface area contributed by atoms with Crippen molar-refractivity contribution in [2.75, 3.05) is 23.4 Å². The molecule has 6 heteroatoms. The lowest BCUT2D eigenvalue weighted by Gasteiger charge is -2.06. The van der Waals surface area contributed by atoms with Crippen LogP contribution in [0.4, 0.5) is 5.00 Å². The quantitative estimate of drug-likeness (QED) is 0.587. The third-order valence-corrected chi connectivity index (χ3v) is 4.49. The Labute approximate surface area is 128 Å². The maximum atomic E-state index is 11.8. The number of aryl methyl sites for hydroxylation is 1. The molecule has 0 saturated carbocycles. The smallest absolute Gasteiger partial charge is 0.341 e. The summed E-state index contributed by atoms with van der Waals surface area (Å²) in [4.78, 5) is 24.6. The predicted octanol–water partition coefficient (Wildman–Crippen LogP) is 3.71. The summed E-state index contributed by atoms with van der Waals surface area (Å²) in [5.41, 5.74) is 0.446. The maximum absolute atomic E-state index is 11.8. The molecule has 1 rings (SSSR count). The monoisotopic (exact) mass is 315 g/mol. The third kappa shape index (κ3) is 5.54. The first-order valence-corrected chi connectivity index (χ1v) is 8.70. The van der Waals surface area contributed by atoms with Gasteiger partial charge in [-0.25, -0.2) is 4.79 Å². The number of esters is 1. The molecule has 0 bridgehead atoms. The Morgan fingerprint density at radius 1 is 1.40 bits per heavy atom. The zero-order valence-electron chi connectivity index (χ0n) is 12.2. The highest BCUT2D eigenvalue weighted by atomic mass is 32.2. The average molecular weight is 315 g/mol. The van der Waals surface area contributed by atoms with Crippen LogP contribution in [0.1, 0.15) is 41.9 Å². The molecule has 1 N–H and O–H groups in total. The number of rotatable bonds is 8. The fourth-order valence-electron chi connectivity index (χ4n) is 1.54. The summed E-state index contributed by atoms with van der Waals surface area (Å²) >= 11 is 3.01. The second-order valence-electron chi connectivity index (χ2n) is 4.27. The Morgan fingerprint density at radius 3 is 2.80 bits per heavy atom. The summed E-state index contributed by atoms with van der Waals surface area (Å²) < 4.78 is 4.99. The van der Waals surface area contributed by atoms with E-state index in [0.29, 0.717) is 22.9 Å². The Hall–Kier alpha value is -1.01. The molecule has 0 fully saturated rings. The van der Waals surface area contributed by atoms with Crippen molar-refractivity contribution < 1.29 is 14.3 Å². The molecule has 4 nitrogen and oxygen atoms in total. The summed E-state index contributed by atoms with van der Waals surface area (Å²) in [6.45, 7) is 6.12. The molecule has 1 aromatic heterocycles. The molecule has 112 valence electrons. The number of hydrogen-bond donors (Lipinski definition) is 1. The number of ether oxygens (including phenoxy) is 1. The van der Waals surface area contributed by atoms with Gasteiger partial charge < -0.3 is 10.1 Å². The van der Waals surface area contributed by atoms with Crippen molar-refractivity contribution in [3.05, 3.63) is 16.5 Å². The summed E-state index contributed by atoms with van der Waals surface area (Å²) in [6.07, 6.45) is 2.25. The predicted molar refractivity (Wildman–Crippen MR) is 85.9 cm³/mol. The lowest BCUT2D eigenvalue weighted by atomic mass is 10.3. The van der Waals surface area contributed by atoms with E-state index in [1.807, 2.05) is 6.92 Å². The highest BCUT2D eigenvalue weighted by Gasteiger charge is 2.17. The van der Waals surface area contributed by atoms with E-state index < -0.39 is 0 Å². The summed E-state index contributed by atoms with van der Waals surface area (Å²) in [5, 5.41) is 3.39. The Balaban J connectivity index is 2.58. The summed E-state index contributed by atoms with van der Waals surface area (Å²) in [6, 6.07) is 1.75. The van der Waals surface area contributed by atoms with Crippen LogP contribution < -0.4 is 5.32 Å². The molecule has 0 saturated heterocycles. The highest BCUT2D eigenvalue weighted by molar-refractivity contribution is 7.99. The van der Waals surface area contributed by atoms with Crippen molar-refractivity contribution >= 4 is 40.0 Å². The molecule has 1 heterocycles. The van der Waals surface area contributed by atoms with Gasteiger partial charge in [0.1, 0.15) is 5.00 Å². The molecule has 0 unspecified atom stereocenters. The van der Waals surface area contributed by atoms with Crippen LogP contribution in [-0.4, -0.2) is 30.0 Å². The lowest BCUT2D eigenvalue weighted by molar-refractivity contribution is -0.113. The van der Waals surface area contributed by atoms with Crippen molar-refractivity contribution in [3.63, 3.8) is 0 Å². The van der Waals surface area contributed by atoms with Gasteiger partial charge in [0.2, 0.25) is 5.91 Å². The first kappa shape index (κ1) is 17.0. The second kappa shape index (κ2) is 9.02. The molecule has 0 atom stereocenters. The van der Waals surface area contributed by atoms with Gasteiger partial charge in [0.25, 0.3) is 0 Å². The number of carbonyl (C=O) groups excluding carboxylic acids is 2. The van der Waals surface area contributed by atoms with Crippen molar-refractivity contribution in [2.24, 2.45) is 0 Å². The number of thiophene rings is 1. The molecule has 20 heavy (non-hydrogen) atoms. The van der Waals surface area contributed by atoms with E-state index in [4.69, 9.17) is 4.74 Å². The van der Waals surface area contributed by atoms with E-state index in [-0.39, 0.29) is 11.9 Å². The highest BCUT2D eigenvalue weighted by Crippen LogP contribution is 2.28. The Morgan fingerprint density at radius 2 is 2.15 bits per heavy atom. The third-order valence-electron chi connectivity index (χ3n) is 2.48. The van der Waals surface area contributed by atoms with Gasteiger partial charge in [0.15, 0.2) is 0 Å². The first-order chi connectivity index (χ1) is 9.58. The number of unbranched alkanes of at least 4 members (excludes halogenated alkanes) is 1. The SMILES string of the molecule is CCCCSCC(=O)Nc1sc(C)cc1C(=O)OCC. The summed E-state index contributed by atoms with van der Waals surface area (Å²) in [7, 11) is 0. The van der Waals surface area contributed by atoms with Crippen molar-refractivity contribution in [3.8, 4) is 0 Å². The van der Waals surface area contributed by atoms with Crippen LogP contribution in [-0.2, 0) is 9.53 Å². The fourth-order valence-corrected chi connectivity index (χ4v) is 3.35. The van der Waals surface area contributed by atoms with E-state index in [9.17, 15) is 9.59 Å². The van der Waals surface area contributed by atoms with Crippen LogP contribution in [0.25, 0.3) is 0 Å². The molecule has 0 spiro atoms. The second-order valence-corrected chi connectivity index (χ2v) is 6.64. The molecule has 0 aromatic carbocycles. The Kier molecular flexibility index (Phi) is 7.69. The number of anilines is 1. The van der Waals surface area contributed by atoms with Crippen molar-refractivity contribution in [2.45, 2.75) is 33.6 Å². The van der Waals surface area contributed by atoms with Crippen LogP contribution in [0.2, 0.25) is 0 Å². The van der Waals surface area contributed by atoms with Gasteiger partial charge in [-0.2, -0.15) is 11.8 Å². The van der Waals surface area contributed by atoms with Gasteiger partial charge in [-0.15, -0.1) is 11.3 Å². The van der Waals surface area contributed by atoms with Crippen molar-refractivity contribution in [1.29, 1.82) is 0 Å². The zero-order valence-corrected chi connectivity index (χ0v) is 13.8. The number of carbonyl (C=O) groups is 2. The molecular weight excluding hydrogens is 294 g/mol. The minimum atomic E-state index is -0.384. The van der Waals surface area contributed by atoms with E-state index in [2.05, 4.69) is 12.2 Å². The van der Waals surface area contributed by atoms with E-state index in [0.717, 1.165) is 23.5 Å². The molecule has 1 amide bonds. The zero-order chi connectivity index (χ0) is 15.0. The minimum Gasteiger partial charge on any atom is -0.462 e. The first-order valence-electron chi connectivity index (χ1n) is 6.73. The largest absolute Gasteiger partial charge is 0.462 e. The molecule has 0 radical (unpaired) electrons. The number of nitrogens with one attached hydrogen (secondary N) is 1. The standard InChI is InChI=1S/C14H21NO3S2/c1-4-6-7-19-9-12(16)15-13-11(8-10(3)20-13)14(17)18-5-2/h8H,4-7,9H2,1-3H3,(H,15,16). The maximum Gasteiger partial charge on any atom is 0.341 e. The number of thioether (sulfide) groups is 1. The van der Waals surface area contributed by atoms with Gasteiger partial charge in [0.05, 0.1) is 17.9 Å². The Bertz CT molecular complexity index is 457. The van der Waals surface area contributed by atoms with Crippen LogP contribution in [0, 0.1) is 6.92 Å². The van der Waals surface area contributed by atoms with Gasteiger partial charge in [-0.3, -0.25) is 4.79 Å². The molecule has 0 aliphatic carbocycles. The van der Waals surface area contributed by atoms with E-state index in [1.54, 1.807) is 24.8 Å². The fraction of sp³-hybridized carbons (Fsp3) is 0.571. The van der Waals surface area contributed by atoms with Crippen LogP contribution in [0.3, 0.4) is 0 Å². The molecular formula is C14H21NO3S2. The summed E-state index contributed by atoms with van der Waals surface area (Å²) in [5.74, 6) is 0.946. The normalized spacial score (nSPS) is 10.3. The minimum absolute atomic E-state index is 0.0708.